The van der Waals surface area contributed by atoms with Crippen LogP contribution in [0.15, 0.2) is 24.3 Å². The highest BCUT2D eigenvalue weighted by atomic mass is 16.6. The highest BCUT2D eigenvalue weighted by molar-refractivity contribution is 5.77. The van der Waals surface area contributed by atoms with Gasteiger partial charge in [-0.05, 0) is 45.7 Å². The van der Waals surface area contributed by atoms with Gasteiger partial charge < -0.3 is 19.3 Å². The molecule has 2 heterocycles. The number of amides is 1. The molecule has 0 unspecified atom stereocenters. The number of carbonyl (C=O) groups excluding carboxylic acids is 1. The van der Waals surface area contributed by atoms with E-state index in [0.717, 1.165) is 23.9 Å². The summed E-state index contributed by atoms with van der Waals surface area (Å²) in [5.74, 6) is 1.16. The summed E-state index contributed by atoms with van der Waals surface area (Å²) in [5.41, 5.74) is 1.11. The van der Waals surface area contributed by atoms with Crippen molar-refractivity contribution in [2.45, 2.75) is 45.3 Å². The topological polar surface area (TPSA) is 67.8 Å². The van der Waals surface area contributed by atoms with Crippen molar-refractivity contribution in [2.75, 3.05) is 32.1 Å². The first-order valence-electron chi connectivity index (χ1n) is 9.30. The Labute approximate surface area is 160 Å². The third-order valence-corrected chi connectivity index (χ3v) is 4.57. The monoisotopic (exact) mass is 372 g/mol. The number of likely N-dealkylation sites (N-methyl/N-ethyl adjacent to an activating group) is 1. The zero-order valence-corrected chi connectivity index (χ0v) is 16.7. The average molecular weight is 372 g/mol. The Kier molecular flexibility index (Phi) is 5.39. The number of rotatable bonds is 4. The predicted octanol–water partition coefficient (Wildman–Crippen LogP) is 3.47. The van der Waals surface area contributed by atoms with Gasteiger partial charge in [0.1, 0.15) is 5.60 Å². The number of ether oxygens (including phenoxy) is 2. The van der Waals surface area contributed by atoms with Crippen LogP contribution >= 0.6 is 0 Å². The number of methoxy groups -OCH3 is 1. The minimum atomic E-state index is -0.497. The van der Waals surface area contributed by atoms with Crippen molar-refractivity contribution in [3.05, 3.63) is 24.3 Å². The second-order valence-electron chi connectivity index (χ2n) is 7.90. The average Bonchev–Trinajstić information content (AvgIpc) is 3.07. The third kappa shape index (κ3) is 4.40. The van der Waals surface area contributed by atoms with Gasteiger partial charge in [-0.1, -0.05) is 12.1 Å². The third-order valence-electron chi connectivity index (χ3n) is 4.57. The molecule has 7 heteroatoms. The van der Waals surface area contributed by atoms with Gasteiger partial charge in [0.2, 0.25) is 0 Å². The van der Waals surface area contributed by atoms with Crippen LogP contribution in [0.3, 0.4) is 0 Å². The fourth-order valence-corrected chi connectivity index (χ4v) is 3.35. The molecule has 1 aromatic heterocycles. The molecule has 1 aliphatic heterocycles. The maximum Gasteiger partial charge on any atom is 0.410 e. The van der Waals surface area contributed by atoms with Gasteiger partial charge in [-0.25, -0.2) is 14.8 Å². The summed E-state index contributed by atoms with van der Waals surface area (Å²) >= 11 is 0. The van der Waals surface area contributed by atoms with Gasteiger partial charge in [0.05, 0.1) is 24.2 Å². The normalized spacial score (nSPS) is 17.2. The van der Waals surface area contributed by atoms with Crippen molar-refractivity contribution in [1.82, 2.24) is 14.9 Å². The molecule has 1 saturated heterocycles. The zero-order valence-electron chi connectivity index (χ0n) is 16.7. The van der Waals surface area contributed by atoms with Crippen molar-refractivity contribution in [3.63, 3.8) is 0 Å². The Morgan fingerprint density at radius 1 is 1.26 bits per heavy atom. The molecule has 1 amide bonds. The second kappa shape index (κ2) is 7.58. The summed E-state index contributed by atoms with van der Waals surface area (Å²) in [7, 11) is 3.55. The molecule has 7 nitrogen and oxygen atoms in total. The molecule has 27 heavy (non-hydrogen) atoms. The van der Waals surface area contributed by atoms with E-state index in [1.165, 1.54) is 0 Å². The van der Waals surface area contributed by atoms with Crippen molar-refractivity contribution >= 4 is 22.9 Å². The van der Waals surface area contributed by atoms with Crippen LogP contribution in [-0.2, 0) is 4.74 Å². The van der Waals surface area contributed by atoms with Crippen molar-refractivity contribution in [2.24, 2.45) is 0 Å². The first kappa shape index (κ1) is 19.2. The lowest BCUT2D eigenvalue weighted by Gasteiger charge is -2.31. The molecule has 0 spiro atoms. The molecule has 0 bridgehead atoms. The lowest BCUT2D eigenvalue weighted by atomic mass is 10.2. The van der Waals surface area contributed by atoms with E-state index < -0.39 is 5.60 Å². The van der Waals surface area contributed by atoms with E-state index >= 15 is 0 Å². The molecule has 2 aromatic rings. The van der Waals surface area contributed by atoms with E-state index in [9.17, 15) is 4.79 Å². The zero-order chi connectivity index (χ0) is 19.6. The number of carbonyl (C=O) groups is 1. The number of para-hydroxylation sites is 2. The van der Waals surface area contributed by atoms with E-state index in [-0.39, 0.29) is 12.1 Å². The van der Waals surface area contributed by atoms with E-state index in [1.807, 2.05) is 61.9 Å². The minimum Gasteiger partial charge on any atom is -0.478 e. The van der Waals surface area contributed by atoms with Crippen LogP contribution in [0.4, 0.5) is 10.6 Å². The second-order valence-corrected chi connectivity index (χ2v) is 7.90. The molecule has 0 N–H and O–H groups in total. The Balaban J connectivity index is 1.79. The first-order valence-corrected chi connectivity index (χ1v) is 9.30. The smallest absolute Gasteiger partial charge is 0.410 e. The lowest BCUT2D eigenvalue weighted by molar-refractivity contribution is 0.0232. The molecule has 0 radical (unpaired) electrons. The molecular formula is C20H28N4O3. The molecule has 1 aromatic carbocycles. The molecule has 1 atom stereocenters. The van der Waals surface area contributed by atoms with E-state index in [1.54, 1.807) is 7.11 Å². The fourth-order valence-electron chi connectivity index (χ4n) is 3.35. The summed E-state index contributed by atoms with van der Waals surface area (Å²) in [4.78, 5) is 25.6. The van der Waals surface area contributed by atoms with Crippen LogP contribution in [0.1, 0.15) is 33.6 Å². The van der Waals surface area contributed by atoms with E-state index in [2.05, 4.69) is 4.98 Å². The number of benzene rings is 1. The van der Waals surface area contributed by atoms with Crippen molar-refractivity contribution in [3.8, 4) is 5.88 Å². The van der Waals surface area contributed by atoms with Gasteiger partial charge in [-0.15, -0.1) is 0 Å². The highest BCUT2D eigenvalue weighted by Gasteiger charge is 2.33. The SMILES string of the molecule is COc1nc2ccccc2nc1N(C)C[C@@H]1CCCN1C(=O)OC(C)(C)C. The molecule has 1 fully saturated rings. The first-order chi connectivity index (χ1) is 12.8. The summed E-state index contributed by atoms with van der Waals surface area (Å²) < 4.78 is 11.0. The summed E-state index contributed by atoms with van der Waals surface area (Å²) in [5, 5.41) is 0. The van der Waals surface area contributed by atoms with Gasteiger partial charge in [-0.2, -0.15) is 0 Å². The van der Waals surface area contributed by atoms with Gasteiger partial charge in [0.25, 0.3) is 5.88 Å². The predicted molar refractivity (Wildman–Crippen MR) is 105 cm³/mol. The number of fused-ring (bicyclic) bond motifs is 1. The van der Waals surface area contributed by atoms with Gasteiger partial charge in [0, 0.05) is 20.1 Å². The van der Waals surface area contributed by atoms with Crippen molar-refractivity contribution in [1.29, 1.82) is 0 Å². The number of likely N-dealkylation sites (tertiary alicyclic amines) is 1. The van der Waals surface area contributed by atoms with E-state index in [4.69, 9.17) is 14.5 Å². The van der Waals surface area contributed by atoms with Gasteiger partial charge in [-0.3, -0.25) is 0 Å². The van der Waals surface area contributed by atoms with Crippen LogP contribution in [0, 0.1) is 0 Å². The number of nitrogens with zero attached hydrogens (tertiary/aromatic N) is 4. The van der Waals surface area contributed by atoms with Crippen LogP contribution < -0.4 is 9.64 Å². The summed E-state index contributed by atoms with van der Waals surface area (Å²) in [6, 6.07) is 7.78. The van der Waals surface area contributed by atoms with Crippen LogP contribution in [0.25, 0.3) is 11.0 Å². The van der Waals surface area contributed by atoms with E-state index in [0.29, 0.717) is 24.8 Å². The largest absolute Gasteiger partial charge is 0.478 e. The number of hydrogen-bond donors (Lipinski definition) is 0. The number of aromatic nitrogens is 2. The van der Waals surface area contributed by atoms with Gasteiger partial charge >= 0.3 is 6.09 Å². The Morgan fingerprint density at radius 3 is 2.56 bits per heavy atom. The number of hydrogen-bond acceptors (Lipinski definition) is 6. The molecule has 146 valence electrons. The maximum atomic E-state index is 12.5. The number of anilines is 1. The summed E-state index contributed by atoms with van der Waals surface area (Å²) in [6.07, 6.45) is 1.65. The summed E-state index contributed by atoms with van der Waals surface area (Å²) in [6.45, 7) is 7.02. The molecule has 3 rings (SSSR count). The minimum absolute atomic E-state index is 0.0721. The highest BCUT2D eigenvalue weighted by Crippen LogP contribution is 2.28. The van der Waals surface area contributed by atoms with Crippen LogP contribution in [0.5, 0.6) is 5.88 Å². The Hall–Kier alpha value is -2.57. The lowest BCUT2D eigenvalue weighted by Crippen LogP contribution is -2.44. The quantitative estimate of drug-likeness (QED) is 0.819. The molecule has 0 saturated carbocycles. The molecular weight excluding hydrogens is 344 g/mol. The van der Waals surface area contributed by atoms with Gasteiger partial charge in [0.15, 0.2) is 5.82 Å². The fraction of sp³-hybridized carbons (Fsp3) is 0.550. The maximum absolute atomic E-state index is 12.5. The Morgan fingerprint density at radius 2 is 1.93 bits per heavy atom. The molecule has 1 aliphatic rings. The van der Waals surface area contributed by atoms with Crippen LogP contribution in [0.2, 0.25) is 0 Å². The molecule has 0 aliphatic carbocycles. The van der Waals surface area contributed by atoms with Crippen LogP contribution in [-0.4, -0.2) is 59.9 Å². The van der Waals surface area contributed by atoms with Crippen molar-refractivity contribution < 1.29 is 14.3 Å². The Bertz CT molecular complexity index is 818. The standard InChI is InChI=1S/C20H28N4O3/c1-20(2,3)27-19(25)24-12-8-9-14(24)13-23(4)17-18(26-5)22-16-11-7-6-10-15(16)21-17/h6-7,10-11,14H,8-9,12-13H2,1-5H3/t14-/m0/s1.